The van der Waals surface area contributed by atoms with Crippen molar-refractivity contribution in [2.45, 2.75) is 76.6 Å². The standard InChI is InChI=1S/C33H35F4N9O4/c1-18-12-22(50-21-8-10-45(11-9-21)28-24(34)13-19(14-38-28)23-5-7-27(47)42-30(23)49)4-6-25(18)46-17-20(15-40-46)29(48)39-16-26-41-31(44-43-26)32(2,3)33(35,36)37/h4,6,12-15,17,21,23H,5,7-11,16H2,1-3H3,(H,39,48)(H,41,43,44)(H,42,47,49). The average molecular weight is 698 g/mol. The number of amides is 3. The summed E-state index contributed by atoms with van der Waals surface area (Å²) in [6, 6.07) is 6.80. The van der Waals surface area contributed by atoms with Crippen molar-refractivity contribution in [2.24, 2.45) is 0 Å². The van der Waals surface area contributed by atoms with Crippen LogP contribution in [0.1, 0.15) is 78.6 Å². The maximum absolute atomic E-state index is 15.1. The molecule has 0 aliphatic carbocycles. The highest BCUT2D eigenvalue weighted by atomic mass is 19.4. The Morgan fingerprint density at radius 2 is 1.86 bits per heavy atom. The molecule has 2 aliphatic rings. The molecule has 2 fully saturated rings. The highest BCUT2D eigenvalue weighted by molar-refractivity contribution is 6.00. The zero-order valence-corrected chi connectivity index (χ0v) is 27.5. The van der Waals surface area contributed by atoms with Crippen LogP contribution in [0.2, 0.25) is 0 Å². The summed E-state index contributed by atoms with van der Waals surface area (Å²) in [6.07, 6.45) is 1.55. The van der Waals surface area contributed by atoms with Crippen LogP contribution in [-0.2, 0) is 21.5 Å². The number of carbonyl (C=O) groups is 3. The zero-order chi connectivity index (χ0) is 35.8. The van der Waals surface area contributed by atoms with Crippen molar-refractivity contribution in [3.8, 4) is 11.4 Å². The molecule has 5 heterocycles. The number of hydrogen-bond donors (Lipinski definition) is 3. The number of piperidine rings is 2. The Morgan fingerprint density at radius 1 is 1.10 bits per heavy atom. The van der Waals surface area contributed by atoms with Crippen LogP contribution in [0.3, 0.4) is 0 Å². The molecule has 1 unspecified atom stereocenters. The van der Waals surface area contributed by atoms with Gasteiger partial charge in [0.25, 0.3) is 5.91 Å². The number of aryl methyl sites for hydroxylation is 1. The SMILES string of the molecule is Cc1cc(OC2CCN(c3ncc(C4CCC(=O)NC4=O)cc3F)CC2)ccc1-n1cc(C(=O)NCc2nc(C(C)(C)C(F)(F)F)n[nH]2)cn1. The number of halogens is 4. The molecule has 2 saturated heterocycles. The number of aromatic nitrogens is 6. The molecule has 0 bridgehead atoms. The minimum atomic E-state index is -4.54. The summed E-state index contributed by atoms with van der Waals surface area (Å²) in [5.41, 5.74) is -0.0257. The second-order valence-electron chi connectivity index (χ2n) is 12.9. The first kappa shape index (κ1) is 34.5. The van der Waals surface area contributed by atoms with Crippen LogP contribution in [0.4, 0.5) is 23.4 Å². The van der Waals surface area contributed by atoms with Gasteiger partial charge in [0.15, 0.2) is 17.5 Å². The summed E-state index contributed by atoms with van der Waals surface area (Å²) in [6.45, 7) is 4.72. The van der Waals surface area contributed by atoms with Crippen LogP contribution < -0.4 is 20.3 Å². The van der Waals surface area contributed by atoms with E-state index >= 15 is 4.39 Å². The summed E-state index contributed by atoms with van der Waals surface area (Å²) in [4.78, 5) is 46.4. The van der Waals surface area contributed by atoms with Gasteiger partial charge in [-0.05, 0) is 62.6 Å². The minimum Gasteiger partial charge on any atom is -0.490 e. The molecule has 0 saturated carbocycles. The number of aromatic amines is 1. The number of pyridine rings is 1. The quantitative estimate of drug-likeness (QED) is 0.172. The Labute approximate surface area is 283 Å². The number of H-pyrrole nitrogens is 1. The third kappa shape index (κ3) is 7.16. The second-order valence-corrected chi connectivity index (χ2v) is 12.9. The van der Waals surface area contributed by atoms with E-state index in [1.807, 2.05) is 24.0 Å². The first-order valence-electron chi connectivity index (χ1n) is 16.0. The summed E-state index contributed by atoms with van der Waals surface area (Å²) in [5, 5.41) is 15.3. The van der Waals surface area contributed by atoms with Crippen LogP contribution in [0.5, 0.6) is 5.75 Å². The molecule has 0 radical (unpaired) electrons. The van der Waals surface area contributed by atoms with Gasteiger partial charge in [-0.2, -0.15) is 23.4 Å². The lowest BCUT2D eigenvalue weighted by Gasteiger charge is -2.33. The van der Waals surface area contributed by atoms with Crippen molar-refractivity contribution >= 4 is 23.5 Å². The lowest BCUT2D eigenvalue weighted by molar-refractivity contribution is -0.182. The van der Waals surface area contributed by atoms with Gasteiger partial charge in [0.05, 0.1) is 29.9 Å². The van der Waals surface area contributed by atoms with Gasteiger partial charge in [-0.3, -0.25) is 24.8 Å². The summed E-state index contributed by atoms with van der Waals surface area (Å²) in [5.74, 6) is -1.86. The molecule has 13 nitrogen and oxygen atoms in total. The van der Waals surface area contributed by atoms with Crippen molar-refractivity contribution < 1.29 is 36.7 Å². The Hall–Kier alpha value is -5.35. The molecule has 50 heavy (non-hydrogen) atoms. The molecular weight excluding hydrogens is 662 g/mol. The Morgan fingerprint density at radius 3 is 2.54 bits per heavy atom. The van der Waals surface area contributed by atoms with Gasteiger partial charge in [-0.1, -0.05) is 0 Å². The van der Waals surface area contributed by atoms with Crippen LogP contribution in [0, 0.1) is 12.7 Å². The molecule has 1 aromatic carbocycles. The monoisotopic (exact) mass is 697 g/mol. The van der Waals surface area contributed by atoms with E-state index in [0.29, 0.717) is 49.4 Å². The van der Waals surface area contributed by atoms with E-state index < -0.39 is 41.0 Å². The number of imide groups is 1. The van der Waals surface area contributed by atoms with Crippen LogP contribution in [-0.4, -0.2) is 73.0 Å². The van der Waals surface area contributed by atoms with Crippen molar-refractivity contribution in [1.82, 2.24) is 40.6 Å². The summed E-state index contributed by atoms with van der Waals surface area (Å²) >= 11 is 0. The number of nitrogens with zero attached hydrogens (tertiary/aromatic N) is 6. The van der Waals surface area contributed by atoms with E-state index in [0.717, 1.165) is 19.4 Å². The average Bonchev–Trinajstić information content (AvgIpc) is 3.75. The van der Waals surface area contributed by atoms with E-state index in [1.165, 1.54) is 29.3 Å². The van der Waals surface area contributed by atoms with E-state index in [-0.39, 0.29) is 42.2 Å². The van der Waals surface area contributed by atoms with E-state index in [9.17, 15) is 27.6 Å². The van der Waals surface area contributed by atoms with Crippen molar-refractivity contribution in [3.05, 3.63) is 77.0 Å². The lowest BCUT2D eigenvalue weighted by Crippen LogP contribution is -2.40. The molecule has 2 aliphatic heterocycles. The molecule has 264 valence electrons. The number of benzene rings is 1. The van der Waals surface area contributed by atoms with Crippen LogP contribution >= 0.6 is 0 Å². The fourth-order valence-electron chi connectivity index (χ4n) is 5.84. The smallest absolute Gasteiger partial charge is 0.401 e. The molecule has 6 rings (SSSR count). The van der Waals surface area contributed by atoms with Crippen LogP contribution in [0.15, 0.2) is 42.9 Å². The van der Waals surface area contributed by atoms with Gasteiger partial charge in [-0.25, -0.2) is 19.0 Å². The molecule has 3 aromatic heterocycles. The van der Waals surface area contributed by atoms with Gasteiger partial charge in [0.1, 0.15) is 23.1 Å². The highest BCUT2D eigenvalue weighted by Crippen LogP contribution is 2.38. The highest BCUT2D eigenvalue weighted by Gasteiger charge is 2.51. The van der Waals surface area contributed by atoms with Gasteiger partial charge >= 0.3 is 6.18 Å². The molecular formula is C33H35F4N9O4. The normalized spacial score (nSPS) is 17.5. The number of ether oxygens (including phenoxy) is 1. The maximum atomic E-state index is 15.1. The summed E-state index contributed by atoms with van der Waals surface area (Å²) < 4.78 is 62.8. The number of nitrogens with one attached hydrogen (secondary N) is 3. The fraction of sp³-hybridized carbons (Fsp3) is 0.424. The minimum absolute atomic E-state index is 0.0830. The summed E-state index contributed by atoms with van der Waals surface area (Å²) in [7, 11) is 0. The maximum Gasteiger partial charge on any atom is 0.401 e. The predicted molar refractivity (Wildman–Crippen MR) is 170 cm³/mol. The number of hydrogen-bond acceptors (Lipinski definition) is 9. The van der Waals surface area contributed by atoms with Crippen LogP contribution in [0.25, 0.3) is 5.69 Å². The first-order chi connectivity index (χ1) is 23.7. The van der Waals surface area contributed by atoms with Crippen molar-refractivity contribution in [1.29, 1.82) is 0 Å². The first-order valence-corrected chi connectivity index (χ1v) is 16.0. The third-order valence-corrected chi connectivity index (χ3v) is 9.00. The Balaban J connectivity index is 1.01. The number of alkyl halides is 3. The Bertz CT molecular complexity index is 1910. The fourth-order valence-corrected chi connectivity index (χ4v) is 5.84. The van der Waals surface area contributed by atoms with Gasteiger partial charge in [-0.15, -0.1) is 0 Å². The van der Waals surface area contributed by atoms with Gasteiger partial charge in [0, 0.05) is 44.7 Å². The Kier molecular flexibility index (Phi) is 9.33. The number of anilines is 1. The van der Waals surface area contributed by atoms with Crippen molar-refractivity contribution in [3.63, 3.8) is 0 Å². The topological polar surface area (TPSA) is 160 Å². The molecule has 1 atom stereocenters. The van der Waals surface area contributed by atoms with Gasteiger partial charge in [0.2, 0.25) is 11.8 Å². The number of rotatable bonds is 9. The molecule has 3 amide bonds. The van der Waals surface area contributed by atoms with E-state index in [2.05, 4.69) is 35.9 Å². The largest absolute Gasteiger partial charge is 0.490 e. The molecule has 17 heteroatoms. The molecule has 4 aromatic rings. The molecule has 0 spiro atoms. The van der Waals surface area contributed by atoms with E-state index in [1.54, 1.807) is 6.07 Å². The second kappa shape index (κ2) is 13.5. The van der Waals surface area contributed by atoms with Gasteiger partial charge < -0.3 is 15.0 Å². The lowest BCUT2D eigenvalue weighted by atomic mass is 9.91. The molecule has 3 N–H and O–H groups in total. The third-order valence-electron chi connectivity index (χ3n) is 9.00. The van der Waals surface area contributed by atoms with Crippen molar-refractivity contribution in [2.75, 3.05) is 18.0 Å². The zero-order valence-electron chi connectivity index (χ0n) is 27.5. The predicted octanol–water partition coefficient (Wildman–Crippen LogP) is 4.17. The van der Waals surface area contributed by atoms with E-state index in [4.69, 9.17) is 4.74 Å². The number of carbonyl (C=O) groups excluding carboxylic acids is 3.